The monoisotopic (exact) mass is 521 g/mol. The van der Waals surface area contributed by atoms with Gasteiger partial charge < -0.3 is 10.3 Å². The van der Waals surface area contributed by atoms with Crippen molar-refractivity contribution in [3.05, 3.63) is 83.8 Å². The third-order valence-electron chi connectivity index (χ3n) is 7.69. The molecule has 38 heavy (non-hydrogen) atoms. The van der Waals surface area contributed by atoms with Crippen molar-refractivity contribution >= 4 is 33.1 Å². The molecule has 0 radical (unpaired) electrons. The maximum absolute atomic E-state index is 13.7. The molecule has 0 bridgehead atoms. The summed E-state index contributed by atoms with van der Waals surface area (Å²) in [5.74, 6) is 0.820. The molecule has 0 aliphatic heterocycles. The van der Waals surface area contributed by atoms with Crippen LogP contribution < -0.4 is 5.32 Å². The number of aromatic nitrogens is 4. The molecule has 1 fully saturated rings. The number of fused-ring (bicyclic) bond motifs is 2. The molecule has 190 valence electrons. The molecule has 6 aromatic rings. The fourth-order valence-electron chi connectivity index (χ4n) is 5.73. The number of hydrogen-bond donors (Lipinski definition) is 3. The van der Waals surface area contributed by atoms with Gasteiger partial charge in [-0.25, -0.2) is 0 Å². The van der Waals surface area contributed by atoms with Crippen molar-refractivity contribution in [3.8, 4) is 33.0 Å². The van der Waals surface area contributed by atoms with Crippen LogP contribution in [0.3, 0.4) is 0 Å². The zero-order chi connectivity index (χ0) is 25.5. The highest BCUT2D eigenvalue weighted by molar-refractivity contribution is 7.14. The van der Waals surface area contributed by atoms with Crippen LogP contribution in [-0.4, -0.2) is 26.7 Å². The van der Waals surface area contributed by atoms with Crippen molar-refractivity contribution in [2.75, 3.05) is 6.54 Å². The Labute approximate surface area is 224 Å². The second-order valence-electron chi connectivity index (χ2n) is 10.2. The molecule has 1 aliphatic rings. The van der Waals surface area contributed by atoms with E-state index in [1.54, 1.807) is 0 Å². The molecule has 3 N–H and O–H groups in total. The molecule has 0 unspecified atom stereocenters. The van der Waals surface area contributed by atoms with Crippen LogP contribution in [0.5, 0.6) is 0 Å². The average Bonchev–Trinajstić information content (AvgIpc) is 3.74. The van der Waals surface area contributed by atoms with E-state index in [-0.39, 0.29) is 5.13 Å². The number of nitrogens with zero attached hydrogens (tertiary/aromatic N) is 2. The van der Waals surface area contributed by atoms with Gasteiger partial charge in [-0.15, -0.1) is 11.3 Å². The fourth-order valence-corrected chi connectivity index (χ4v) is 6.50. The summed E-state index contributed by atoms with van der Waals surface area (Å²) in [6.07, 6.45) is 9.32. The van der Waals surface area contributed by atoms with E-state index in [0.29, 0.717) is 0 Å². The Morgan fingerprint density at radius 1 is 0.921 bits per heavy atom. The van der Waals surface area contributed by atoms with Crippen molar-refractivity contribution in [2.24, 2.45) is 5.92 Å². The number of rotatable bonds is 7. The Kier molecular flexibility index (Phi) is 6.02. The van der Waals surface area contributed by atoms with Crippen LogP contribution in [0.1, 0.15) is 31.2 Å². The third-order valence-corrected chi connectivity index (χ3v) is 8.59. The third kappa shape index (κ3) is 4.42. The van der Waals surface area contributed by atoms with Gasteiger partial charge in [0.05, 0.1) is 11.2 Å². The van der Waals surface area contributed by atoms with Gasteiger partial charge in [0.15, 0.2) is 5.13 Å². The number of nitrogens with one attached hydrogen (secondary N) is 3. The SMILES string of the molecule is Fc1ccc(-c2cccc3[nH]c(-c4n[nH]c5ccc(-c6cncc(CNCC7CCCC7)c6)cc45)cc23)s1. The minimum Gasteiger partial charge on any atom is -0.353 e. The molecule has 2 aromatic carbocycles. The van der Waals surface area contributed by atoms with Crippen molar-refractivity contribution in [1.29, 1.82) is 0 Å². The van der Waals surface area contributed by atoms with Gasteiger partial charge in [-0.2, -0.15) is 9.49 Å². The molecule has 4 heterocycles. The Balaban J connectivity index is 1.20. The minimum absolute atomic E-state index is 0.179. The van der Waals surface area contributed by atoms with Gasteiger partial charge in [-0.3, -0.25) is 10.1 Å². The second kappa shape index (κ2) is 9.82. The van der Waals surface area contributed by atoms with Crippen LogP contribution in [0.15, 0.2) is 73.1 Å². The summed E-state index contributed by atoms with van der Waals surface area (Å²) in [5.41, 5.74) is 8.18. The lowest BCUT2D eigenvalue weighted by Crippen LogP contribution is -2.20. The van der Waals surface area contributed by atoms with E-state index >= 15 is 0 Å². The largest absolute Gasteiger partial charge is 0.353 e. The molecule has 0 amide bonds. The molecule has 1 aliphatic carbocycles. The van der Waals surface area contributed by atoms with Gasteiger partial charge >= 0.3 is 0 Å². The summed E-state index contributed by atoms with van der Waals surface area (Å²) in [4.78, 5) is 8.98. The average molecular weight is 522 g/mol. The van der Waals surface area contributed by atoms with E-state index in [0.717, 1.165) is 85.1 Å². The van der Waals surface area contributed by atoms with Crippen molar-refractivity contribution < 1.29 is 4.39 Å². The van der Waals surface area contributed by atoms with Crippen LogP contribution in [0.2, 0.25) is 0 Å². The lowest BCUT2D eigenvalue weighted by molar-refractivity contribution is 0.489. The number of aromatic amines is 2. The summed E-state index contributed by atoms with van der Waals surface area (Å²) >= 11 is 1.16. The van der Waals surface area contributed by atoms with Gasteiger partial charge in [0.1, 0.15) is 5.69 Å². The maximum Gasteiger partial charge on any atom is 0.176 e. The highest BCUT2D eigenvalue weighted by Crippen LogP contribution is 2.37. The smallest absolute Gasteiger partial charge is 0.176 e. The first-order valence-corrected chi connectivity index (χ1v) is 14.0. The zero-order valence-electron chi connectivity index (χ0n) is 20.9. The first kappa shape index (κ1) is 23.3. The van der Waals surface area contributed by atoms with E-state index in [4.69, 9.17) is 0 Å². The number of hydrogen-bond acceptors (Lipinski definition) is 4. The molecule has 7 rings (SSSR count). The topological polar surface area (TPSA) is 69.4 Å². The van der Waals surface area contributed by atoms with Crippen molar-refractivity contribution in [1.82, 2.24) is 25.5 Å². The predicted molar refractivity (Wildman–Crippen MR) is 154 cm³/mol. The Bertz CT molecular complexity index is 1740. The lowest BCUT2D eigenvalue weighted by Gasteiger charge is -2.11. The van der Waals surface area contributed by atoms with Crippen molar-refractivity contribution in [3.63, 3.8) is 0 Å². The van der Waals surface area contributed by atoms with E-state index in [9.17, 15) is 4.39 Å². The zero-order valence-corrected chi connectivity index (χ0v) is 21.7. The van der Waals surface area contributed by atoms with Crippen LogP contribution in [0, 0.1) is 11.0 Å². The van der Waals surface area contributed by atoms with E-state index in [1.165, 1.54) is 37.3 Å². The standard InChI is InChI=1S/C31H28FN5S/c32-30-11-10-29(38-30)23-6-3-7-26-24(23)14-28(35-26)31-25-13-21(8-9-27(25)36-37-31)22-12-20(17-34-18-22)16-33-15-19-4-1-2-5-19/h3,6-14,17-19,33,35H,1-2,4-5,15-16H2,(H,36,37). The van der Waals surface area contributed by atoms with E-state index in [2.05, 4.69) is 55.8 Å². The van der Waals surface area contributed by atoms with Crippen LogP contribution in [0.4, 0.5) is 4.39 Å². The summed E-state index contributed by atoms with van der Waals surface area (Å²) in [6, 6.07) is 20.2. The summed E-state index contributed by atoms with van der Waals surface area (Å²) in [7, 11) is 0. The number of H-pyrrole nitrogens is 2. The molecule has 4 aromatic heterocycles. The van der Waals surface area contributed by atoms with Crippen LogP contribution >= 0.6 is 11.3 Å². The first-order valence-electron chi connectivity index (χ1n) is 13.2. The number of thiophene rings is 1. The Morgan fingerprint density at radius 3 is 2.71 bits per heavy atom. The molecular formula is C31H28FN5S. The Hall–Kier alpha value is -3.81. The summed E-state index contributed by atoms with van der Waals surface area (Å²) in [6.45, 7) is 1.92. The van der Waals surface area contributed by atoms with Gasteiger partial charge in [-0.05, 0) is 78.9 Å². The fraction of sp³-hybridized carbons (Fsp3) is 0.226. The molecule has 0 spiro atoms. The number of halogens is 1. The molecule has 5 nitrogen and oxygen atoms in total. The van der Waals surface area contributed by atoms with Gasteiger partial charge in [-0.1, -0.05) is 31.0 Å². The van der Waals surface area contributed by atoms with Gasteiger partial charge in [0, 0.05) is 51.2 Å². The highest BCUT2D eigenvalue weighted by atomic mass is 32.1. The molecule has 0 saturated heterocycles. The normalized spacial score (nSPS) is 14.2. The summed E-state index contributed by atoms with van der Waals surface area (Å²) in [5, 5.41) is 13.4. The van der Waals surface area contributed by atoms with Crippen LogP contribution in [-0.2, 0) is 6.54 Å². The lowest BCUT2D eigenvalue weighted by atomic mass is 10.0. The van der Waals surface area contributed by atoms with E-state index in [1.807, 2.05) is 36.7 Å². The van der Waals surface area contributed by atoms with Gasteiger partial charge in [0.25, 0.3) is 0 Å². The maximum atomic E-state index is 13.7. The summed E-state index contributed by atoms with van der Waals surface area (Å²) < 4.78 is 13.7. The Morgan fingerprint density at radius 2 is 1.84 bits per heavy atom. The first-order chi connectivity index (χ1) is 18.7. The quantitative estimate of drug-likeness (QED) is 0.200. The van der Waals surface area contributed by atoms with Gasteiger partial charge in [0.2, 0.25) is 0 Å². The van der Waals surface area contributed by atoms with E-state index < -0.39 is 0 Å². The molecule has 0 atom stereocenters. The molecule has 1 saturated carbocycles. The second-order valence-corrected chi connectivity index (χ2v) is 11.3. The predicted octanol–water partition coefficient (Wildman–Crippen LogP) is 7.92. The number of benzene rings is 2. The van der Waals surface area contributed by atoms with Crippen molar-refractivity contribution in [2.45, 2.75) is 32.2 Å². The number of pyridine rings is 1. The molecular weight excluding hydrogens is 493 g/mol. The highest BCUT2D eigenvalue weighted by Gasteiger charge is 2.16. The minimum atomic E-state index is -0.179. The van der Waals surface area contributed by atoms with Crippen LogP contribution in [0.25, 0.3) is 54.8 Å². The molecule has 7 heteroatoms.